The first-order chi connectivity index (χ1) is 8.99. The van der Waals surface area contributed by atoms with Gasteiger partial charge in [0.05, 0.1) is 18.1 Å². The number of anilines is 1. The van der Waals surface area contributed by atoms with Crippen LogP contribution in [0.15, 0.2) is 37.9 Å². The van der Waals surface area contributed by atoms with E-state index >= 15 is 0 Å². The van der Waals surface area contributed by atoms with Crippen molar-refractivity contribution < 1.29 is 9.72 Å². The first-order valence-corrected chi connectivity index (χ1v) is 7.39. The Bertz CT molecular complexity index is 657. The standard InChI is InChI=1S/C11H6Br2N2O3S/c12-9-5-6(10(13)19-9)11(16)14-7-3-1-2-4-8(7)15(17)18/h1-5H,(H,14,16). The van der Waals surface area contributed by atoms with Crippen LogP contribution < -0.4 is 5.32 Å². The Labute approximate surface area is 129 Å². The minimum absolute atomic E-state index is 0.138. The van der Waals surface area contributed by atoms with E-state index in [1.807, 2.05) is 0 Å². The Balaban J connectivity index is 2.29. The molecule has 0 spiro atoms. The second kappa shape index (κ2) is 5.81. The van der Waals surface area contributed by atoms with E-state index in [1.165, 1.54) is 23.5 Å². The Morgan fingerprint density at radius 2 is 2.00 bits per heavy atom. The summed E-state index contributed by atoms with van der Waals surface area (Å²) in [6.07, 6.45) is 0. The lowest BCUT2D eigenvalue weighted by atomic mass is 10.2. The lowest BCUT2D eigenvalue weighted by molar-refractivity contribution is -0.383. The topological polar surface area (TPSA) is 72.2 Å². The monoisotopic (exact) mass is 404 g/mol. The minimum Gasteiger partial charge on any atom is -0.316 e. The van der Waals surface area contributed by atoms with E-state index in [0.29, 0.717) is 9.35 Å². The van der Waals surface area contributed by atoms with Gasteiger partial charge in [0.25, 0.3) is 11.6 Å². The van der Waals surface area contributed by atoms with Crippen molar-refractivity contribution in [2.45, 2.75) is 0 Å². The molecule has 1 aromatic carbocycles. The quantitative estimate of drug-likeness (QED) is 0.606. The second-order valence-electron chi connectivity index (χ2n) is 3.47. The largest absolute Gasteiger partial charge is 0.316 e. The molecule has 2 aromatic rings. The highest BCUT2D eigenvalue weighted by Gasteiger charge is 2.18. The summed E-state index contributed by atoms with van der Waals surface area (Å²) >= 11 is 7.90. The van der Waals surface area contributed by atoms with Crippen LogP contribution in [0.1, 0.15) is 10.4 Å². The molecule has 0 aliphatic heterocycles. The molecule has 2 rings (SSSR count). The summed E-state index contributed by atoms with van der Waals surface area (Å²) in [5.41, 5.74) is 0.461. The highest BCUT2D eigenvalue weighted by Crippen LogP contribution is 2.33. The SMILES string of the molecule is O=C(Nc1ccccc1[N+](=O)[O-])c1cc(Br)sc1Br. The van der Waals surface area contributed by atoms with Crippen molar-refractivity contribution in [3.05, 3.63) is 53.6 Å². The van der Waals surface area contributed by atoms with Crippen LogP contribution in [-0.2, 0) is 0 Å². The Morgan fingerprint density at radius 1 is 1.32 bits per heavy atom. The maximum absolute atomic E-state index is 12.0. The fraction of sp³-hybridized carbons (Fsp3) is 0. The van der Waals surface area contributed by atoms with Gasteiger partial charge < -0.3 is 5.32 Å². The number of thiophene rings is 1. The summed E-state index contributed by atoms with van der Waals surface area (Å²) in [7, 11) is 0. The van der Waals surface area contributed by atoms with Crippen LogP contribution in [0.4, 0.5) is 11.4 Å². The van der Waals surface area contributed by atoms with Crippen LogP contribution in [0.25, 0.3) is 0 Å². The van der Waals surface area contributed by atoms with E-state index in [2.05, 4.69) is 37.2 Å². The van der Waals surface area contributed by atoms with E-state index < -0.39 is 10.8 Å². The minimum atomic E-state index is -0.534. The molecule has 0 atom stereocenters. The maximum Gasteiger partial charge on any atom is 0.292 e. The molecule has 0 aliphatic carbocycles. The number of hydrogen-bond donors (Lipinski definition) is 1. The van der Waals surface area contributed by atoms with Crippen LogP contribution in [0.3, 0.4) is 0 Å². The maximum atomic E-state index is 12.0. The van der Waals surface area contributed by atoms with Crippen molar-refractivity contribution in [2.75, 3.05) is 5.32 Å². The number of halogens is 2. The molecule has 0 saturated carbocycles. The third kappa shape index (κ3) is 3.20. The summed E-state index contributed by atoms with van der Waals surface area (Å²) in [4.78, 5) is 22.4. The molecule has 1 aromatic heterocycles. The molecular weight excluding hydrogens is 400 g/mol. The molecule has 1 N–H and O–H groups in total. The third-order valence-electron chi connectivity index (χ3n) is 2.25. The lowest BCUT2D eigenvalue weighted by Crippen LogP contribution is -2.12. The van der Waals surface area contributed by atoms with Crippen molar-refractivity contribution in [1.82, 2.24) is 0 Å². The zero-order chi connectivity index (χ0) is 14.0. The number of nitrogens with zero attached hydrogens (tertiary/aromatic N) is 1. The summed E-state index contributed by atoms with van der Waals surface area (Å²) in [5, 5.41) is 13.4. The first kappa shape index (κ1) is 14.2. The van der Waals surface area contributed by atoms with Crippen molar-refractivity contribution in [1.29, 1.82) is 0 Å². The fourth-order valence-corrected chi connectivity index (χ4v) is 4.22. The van der Waals surface area contributed by atoms with E-state index in [1.54, 1.807) is 18.2 Å². The number of benzene rings is 1. The van der Waals surface area contributed by atoms with Gasteiger partial charge in [-0.15, -0.1) is 11.3 Å². The summed E-state index contributed by atoms with van der Waals surface area (Å²) in [6, 6.07) is 7.66. The fourth-order valence-electron chi connectivity index (χ4n) is 1.42. The highest BCUT2D eigenvalue weighted by molar-refractivity contribution is 9.12. The summed E-state index contributed by atoms with van der Waals surface area (Å²) in [5.74, 6) is -0.400. The molecular formula is C11H6Br2N2O3S. The molecule has 98 valence electrons. The highest BCUT2D eigenvalue weighted by atomic mass is 79.9. The normalized spacial score (nSPS) is 10.2. The molecule has 1 amide bonds. The number of nitrogens with one attached hydrogen (secondary N) is 1. The Hall–Kier alpha value is -1.25. The van der Waals surface area contributed by atoms with Crippen molar-refractivity contribution >= 4 is 60.5 Å². The van der Waals surface area contributed by atoms with E-state index in [-0.39, 0.29) is 11.4 Å². The third-order valence-corrected chi connectivity index (χ3v) is 4.59. The zero-order valence-corrected chi connectivity index (χ0v) is 13.2. The molecule has 5 nitrogen and oxygen atoms in total. The number of nitro benzene ring substituents is 1. The summed E-state index contributed by atoms with van der Waals surface area (Å²) in [6.45, 7) is 0. The molecule has 0 radical (unpaired) electrons. The molecule has 0 saturated heterocycles. The smallest absolute Gasteiger partial charge is 0.292 e. The van der Waals surface area contributed by atoms with Gasteiger partial charge >= 0.3 is 0 Å². The van der Waals surface area contributed by atoms with Gasteiger partial charge in [0.15, 0.2) is 0 Å². The molecule has 0 bridgehead atoms. The molecule has 1 heterocycles. The van der Waals surface area contributed by atoms with Gasteiger partial charge in [-0.3, -0.25) is 14.9 Å². The number of para-hydroxylation sites is 2. The molecule has 0 aliphatic rings. The van der Waals surface area contributed by atoms with Crippen LogP contribution in [0.2, 0.25) is 0 Å². The van der Waals surface area contributed by atoms with Crippen LogP contribution in [0, 0.1) is 10.1 Å². The van der Waals surface area contributed by atoms with E-state index in [9.17, 15) is 14.9 Å². The zero-order valence-electron chi connectivity index (χ0n) is 9.22. The Kier molecular flexibility index (Phi) is 4.33. The predicted molar refractivity (Wildman–Crippen MR) is 80.8 cm³/mol. The van der Waals surface area contributed by atoms with Gasteiger partial charge in [-0.1, -0.05) is 12.1 Å². The van der Waals surface area contributed by atoms with Crippen LogP contribution >= 0.6 is 43.2 Å². The summed E-state index contributed by atoms with van der Waals surface area (Å²) < 4.78 is 1.46. The predicted octanol–water partition coefficient (Wildman–Crippen LogP) is 4.43. The van der Waals surface area contributed by atoms with Crippen molar-refractivity contribution in [2.24, 2.45) is 0 Å². The van der Waals surface area contributed by atoms with Crippen molar-refractivity contribution in [3.63, 3.8) is 0 Å². The molecule has 0 unspecified atom stereocenters. The number of amides is 1. The van der Waals surface area contributed by atoms with Gasteiger partial charge in [-0.05, 0) is 44.0 Å². The van der Waals surface area contributed by atoms with E-state index in [0.717, 1.165) is 3.79 Å². The molecule has 19 heavy (non-hydrogen) atoms. The van der Waals surface area contributed by atoms with Gasteiger partial charge in [-0.2, -0.15) is 0 Å². The number of carbonyl (C=O) groups is 1. The van der Waals surface area contributed by atoms with Crippen molar-refractivity contribution in [3.8, 4) is 0 Å². The second-order valence-corrected chi connectivity index (χ2v) is 7.22. The first-order valence-electron chi connectivity index (χ1n) is 4.98. The van der Waals surface area contributed by atoms with Crippen LogP contribution in [0.5, 0.6) is 0 Å². The number of nitro groups is 1. The van der Waals surface area contributed by atoms with Gasteiger partial charge in [0, 0.05) is 6.07 Å². The van der Waals surface area contributed by atoms with E-state index in [4.69, 9.17) is 0 Å². The number of carbonyl (C=O) groups excluding carboxylic acids is 1. The number of hydrogen-bond acceptors (Lipinski definition) is 4. The van der Waals surface area contributed by atoms with Gasteiger partial charge in [-0.25, -0.2) is 0 Å². The molecule has 0 fully saturated rings. The average molecular weight is 406 g/mol. The molecule has 8 heteroatoms. The van der Waals surface area contributed by atoms with Crippen LogP contribution in [-0.4, -0.2) is 10.8 Å². The van der Waals surface area contributed by atoms with Gasteiger partial charge in [0.2, 0.25) is 0 Å². The average Bonchev–Trinajstić information content (AvgIpc) is 2.69. The number of rotatable bonds is 3. The Morgan fingerprint density at radius 3 is 2.58 bits per heavy atom. The lowest BCUT2D eigenvalue weighted by Gasteiger charge is -2.04. The van der Waals surface area contributed by atoms with Gasteiger partial charge in [0.1, 0.15) is 5.69 Å².